The fourth-order valence-corrected chi connectivity index (χ4v) is 3.38. The van der Waals surface area contributed by atoms with Crippen LogP contribution < -0.4 is 10.6 Å². The zero-order valence-electron chi connectivity index (χ0n) is 16.5. The summed E-state index contributed by atoms with van der Waals surface area (Å²) in [4.78, 5) is 26.6. The fraction of sp³-hybridized carbons (Fsp3) is 0.238. The van der Waals surface area contributed by atoms with Crippen molar-refractivity contribution in [1.29, 1.82) is 0 Å². The van der Waals surface area contributed by atoms with Gasteiger partial charge in [0.1, 0.15) is 5.82 Å². The molecule has 0 radical (unpaired) electrons. The number of carbonyl (C=O) groups is 2. The number of hydrogen-bond acceptors (Lipinski definition) is 6. The number of aromatic nitrogens is 2. The van der Waals surface area contributed by atoms with Crippen LogP contribution in [0.25, 0.3) is 0 Å². The van der Waals surface area contributed by atoms with Gasteiger partial charge in [-0.25, -0.2) is 4.39 Å². The van der Waals surface area contributed by atoms with E-state index in [1.54, 1.807) is 0 Å². The SMILES string of the molecule is CN(CCCNC(=O)c1nnc(C(=O)Nc2ccc(F)cc2)s1)Cc1ccccc1. The van der Waals surface area contributed by atoms with Gasteiger partial charge in [-0.05, 0) is 49.8 Å². The van der Waals surface area contributed by atoms with Crippen molar-refractivity contribution in [3.63, 3.8) is 0 Å². The maximum Gasteiger partial charge on any atom is 0.286 e. The van der Waals surface area contributed by atoms with Gasteiger partial charge in [-0.1, -0.05) is 41.7 Å². The van der Waals surface area contributed by atoms with E-state index >= 15 is 0 Å². The third-order valence-electron chi connectivity index (χ3n) is 4.21. The number of nitrogens with one attached hydrogen (secondary N) is 2. The minimum absolute atomic E-state index is 0.0621. The monoisotopic (exact) mass is 427 g/mol. The lowest BCUT2D eigenvalue weighted by Crippen LogP contribution is -2.28. The minimum Gasteiger partial charge on any atom is -0.350 e. The standard InChI is InChI=1S/C21H22FN5O2S/c1-27(14-15-6-3-2-4-7-15)13-5-12-23-18(28)20-25-26-21(30-20)19(29)24-17-10-8-16(22)9-11-17/h2-4,6-11H,5,12-14H2,1H3,(H,23,28)(H,24,29). The van der Waals surface area contributed by atoms with Gasteiger partial charge in [-0.2, -0.15) is 0 Å². The molecule has 3 aromatic rings. The maximum absolute atomic E-state index is 12.9. The second-order valence-corrected chi connectivity index (χ2v) is 7.68. The maximum atomic E-state index is 12.9. The van der Waals surface area contributed by atoms with E-state index < -0.39 is 11.7 Å². The zero-order valence-corrected chi connectivity index (χ0v) is 17.3. The van der Waals surface area contributed by atoms with Gasteiger partial charge < -0.3 is 15.5 Å². The minimum atomic E-state index is -0.499. The summed E-state index contributed by atoms with van der Waals surface area (Å²) in [6, 6.07) is 15.5. The van der Waals surface area contributed by atoms with Crippen molar-refractivity contribution in [1.82, 2.24) is 20.4 Å². The first-order valence-electron chi connectivity index (χ1n) is 9.42. The Balaban J connectivity index is 1.41. The van der Waals surface area contributed by atoms with Crippen LogP contribution in [0.1, 0.15) is 31.6 Å². The smallest absolute Gasteiger partial charge is 0.286 e. The van der Waals surface area contributed by atoms with Crippen LogP contribution in [-0.4, -0.2) is 47.0 Å². The van der Waals surface area contributed by atoms with Gasteiger partial charge in [-0.15, -0.1) is 10.2 Å². The lowest BCUT2D eigenvalue weighted by molar-refractivity contribution is 0.0949. The summed E-state index contributed by atoms with van der Waals surface area (Å²) in [5.41, 5.74) is 1.67. The highest BCUT2D eigenvalue weighted by Gasteiger charge is 2.17. The van der Waals surface area contributed by atoms with Gasteiger partial charge in [0.05, 0.1) is 0 Å². The highest BCUT2D eigenvalue weighted by molar-refractivity contribution is 7.15. The molecule has 0 aliphatic carbocycles. The summed E-state index contributed by atoms with van der Waals surface area (Å²) in [6.07, 6.45) is 0.784. The zero-order chi connectivity index (χ0) is 21.3. The fourth-order valence-electron chi connectivity index (χ4n) is 2.73. The normalized spacial score (nSPS) is 10.8. The van der Waals surface area contributed by atoms with Crippen LogP contribution in [0.2, 0.25) is 0 Å². The lowest BCUT2D eigenvalue weighted by atomic mass is 10.2. The number of benzene rings is 2. The van der Waals surface area contributed by atoms with Crippen molar-refractivity contribution < 1.29 is 14.0 Å². The second-order valence-electron chi connectivity index (χ2n) is 6.71. The second kappa shape index (κ2) is 10.6. The predicted octanol–water partition coefficient (Wildman–Crippen LogP) is 3.18. The lowest BCUT2D eigenvalue weighted by Gasteiger charge is -2.16. The van der Waals surface area contributed by atoms with E-state index in [0.29, 0.717) is 12.2 Å². The molecule has 0 aliphatic heterocycles. The van der Waals surface area contributed by atoms with E-state index in [4.69, 9.17) is 0 Å². The largest absolute Gasteiger partial charge is 0.350 e. The van der Waals surface area contributed by atoms with E-state index in [-0.39, 0.29) is 15.9 Å². The number of carbonyl (C=O) groups excluding carboxylic acids is 2. The molecule has 3 rings (SSSR count). The molecule has 9 heteroatoms. The predicted molar refractivity (Wildman–Crippen MR) is 114 cm³/mol. The number of anilines is 1. The Morgan fingerprint density at radius 3 is 2.37 bits per heavy atom. The van der Waals surface area contributed by atoms with Gasteiger partial charge in [0.2, 0.25) is 10.0 Å². The van der Waals surface area contributed by atoms with Crippen molar-refractivity contribution in [3.8, 4) is 0 Å². The number of rotatable bonds is 9. The Morgan fingerprint density at radius 2 is 1.67 bits per heavy atom. The Hall–Kier alpha value is -3.17. The molecule has 2 N–H and O–H groups in total. The van der Waals surface area contributed by atoms with E-state index in [1.165, 1.54) is 29.8 Å². The molecule has 1 aromatic heterocycles. The van der Waals surface area contributed by atoms with Crippen LogP contribution in [0.4, 0.5) is 10.1 Å². The Kier molecular flexibility index (Phi) is 7.58. The van der Waals surface area contributed by atoms with Crippen LogP contribution in [0.15, 0.2) is 54.6 Å². The summed E-state index contributed by atoms with van der Waals surface area (Å²) in [5.74, 6) is -1.26. The van der Waals surface area contributed by atoms with Crippen molar-refractivity contribution in [3.05, 3.63) is 76.0 Å². The summed E-state index contributed by atoms with van der Waals surface area (Å²) < 4.78 is 12.9. The average molecular weight is 428 g/mol. The van der Waals surface area contributed by atoms with E-state index in [2.05, 4.69) is 37.9 Å². The highest BCUT2D eigenvalue weighted by atomic mass is 32.1. The average Bonchev–Trinajstić information content (AvgIpc) is 3.24. The van der Waals surface area contributed by atoms with E-state index in [1.807, 2.05) is 25.2 Å². The Bertz CT molecular complexity index is 979. The number of halogens is 1. The van der Waals surface area contributed by atoms with Gasteiger partial charge in [0.15, 0.2) is 0 Å². The molecule has 0 spiro atoms. The Labute approximate surface area is 177 Å². The third kappa shape index (κ3) is 6.43. The molecule has 0 unspecified atom stereocenters. The van der Waals surface area contributed by atoms with Crippen molar-refractivity contribution in [2.24, 2.45) is 0 Å². The van der Waals surface area contributed by atoms with Crippen molar-refractivity contribution in [2.75, 3.05) is 25.5 Å². The molecular weight excluding hydrogens is 405 g/mol. The highest BCUT2D eigenvalue weighted by Crippen LogP contribution is 2.14. The topological polar surface area (TPSA) is 87.2 Å². The van der Waals surface area contributed by atoms with E-state index in [9.17, 15) is 14.0 Å². The first-order chi connectivity index (χ1) is 14.5. The summed E-state index contributed by atoms with van der Waals surface area (Å²) in [5, 5.41) is 13.1. The van der Waals surface area contributed by atoms with Gasteiger partial charge in [-0.3, -0.25) is 9.59 Å². The summed E-state index contributed by atoms with van der Waals surface area (Å²) >= 11 is 0.907. The molecule has 1 heterocycles. The number of amides is 2. The molecule has 2 aromatic carbocycles. The molecule has 0 atom stereocenters. The van der Waals surface area contributed by atoms with Crippen LogP contribution in [0.5, 0.6) is 0 Å². The molecule has 0 fully saturated rings. The quantitative estimate of drug-likeness (QED) is 0.512. The first-order valence-corrected chi connectivity index (χ1v) is 10.2. The Morgan fingerprint density at radius 1 is 1.00 bits per heavy atom. The van der Waals surface area contributed by atoms with Gasteiger partial charge in [0, 0.05) is 18.8 Å². The van der Waals surface area contributed by atoms with Crippen LogP contribution in [0, 0.1) is 5.82 Å². The molecule has 156 valence electrons. The van der Waals surface area contributed by atoms with Crippen LogP contribution >= 0.6 is 11.3 Å². The molecule has 7 nitrogen and oxygen atoms in total. The summed E-state index contributed by atoms with van der Waals surface area (Å²) in [6.45, 7) is 2.17. The molecule has 0 saturated heterocycles. The molecule has 0 bridgehead atoms. The summed E-state index contributed by atoms with van der Waals surface area (Å²) in [7, 11) is 2.03. The van der Waals surface area contributed by atoms with Crippen molar-refractivity contribution >= 4 is 28.8 Å². The molecule has 30 heavy (non-hydrogen) atoms. The van der Waals surface area contributed by atoms with Crippen LogP contribution in [0.3, 0.4) is 0 Å². The van der Waals surface area contributed by atoms with Crippen LogP contribution in [-0.2, 0) is 6.54 Å². The van der Waals surface area contributed by atoms with E-state index in [0.717, 1.165) is 30.8 Å². The number of nitrogens with zero attached hydrogens (tertiary/aromatic N) is 3. The molecule has 2 amide bonds. The number of hydrogen-bond donors (Lipinski definition) is 2. The first kappa shape index (κ1) is 21.5. The third-order valence-corrected chi connectivity index (χ3v) is 5.13. The molecule has 0 aliphatic rings. The molecular formula is C21H22FN5O2S. The molecule has 0 saturated carbocycles. The van der Waals surface area contributed by atoms with Crippen molar-refractivity contribution in [2.45, 2.75) is 13.0 Å². The van der Waals surface area contributed by atoms with Gasteiger partial charge >= 0.3 is 0 Å². The van der Waals surface area contributed by atoms with Gasteiger partial charge in [0.25, 0.3) is 11.8 Å².